The molecule has 0 amide bonds. The Morgan fingerprint density at radius 1 is 1.07 bits per heavy atom. The number of halogens is 3. The minimum atomic E-state index is 0. The minimum Gasteiger partial charge on any atom is -0.379 e. The average Bonchev–Trinajstić information content (AvgIpc) is 2.97. The first kappa shape index (κ1) is 24.3. The van der Waals surface area contributed by atoms with Crippen LogP contribution in [-0.2, 0) is 31.4 Å². The van der Waals surface area contributed by atoms with E-state index in [2.05, 4.69) is 44.8 Å². The summed E-state index contributed by atoms with van der Waals surface area (Å²) in [7, 11) is 3.64. The lowest BCUT2D eigenvalue weighted by Gasteiger charge is -2.26. The van der Waals surface area contributed by atoms with E-state index < -0.39 is 0 Å². The van der Waals surface area contributed by atoms with Gasteiger partial charge in [-0.25, -0.2) is 0 Å². The van der Waals surface area contributed by atoms with Crippen LogP contribution in [0.1, 0.15) is 16.8 Å². The van der Waals surface area contributed by atoms with Crippen LogP contribution >= 0.6 is 47.2 Å². The van der Waals surface area contributed by atoms with Gasteiger partial charge in [-0.3, -0.25) is 9.89 Å². The Hall–Kier alpha value is -1.000. The van der Waals surface area contributed by atoms with E-state index in [4.69, 9.17) is 27.9 Å². The number of nitrogens with zero attached hydrogens (tertiary/aromatic N) is 3. The van der Waals surface area contributed by atoms with Crippen LogP contribution in [-0.4, -0.2) is 48.8 Å². The number of guanidine groups is 1. The zero-order valence-corrected chi connectivity index (χ0v) is 20.6. The summed E-state index contributed by atoms with van der Waals surface area (Å²) >= 11 is 12.2. The molecule has 0 saturated carbocycles. The van der Waals surface area contributed by atoms with Gasteiger partial charge in [-0.2, -0.15) is 0 Å². The van der Waals surface area contributed by atoms with Crippen LogP contribution in [0.3, 0.4) is 0 Å². The van der Waals surface area contributed by atoms with Crippen LogP contribution in [0.15, 0.2) is 35.3 Å². The maximum atomic E-state index is 6.11. The van der Waals surface area contributed by atoms with Crippen LogP contribution < -0.4 is 10.6 Å². The maximum absolute atomic E-state index is 6.11. The minimum absolute atomic E-state index is 0. The molecule has 2 heterocycles. The zero-order chi connectivity index (χ0) is 19.9. The highest BCUT2D eigenvalue weighted by molar-refractivity contribution is 14.0. The van der Waals surface area contributed by atoms with Crippen molar-refractivity contribution < 1.29 is 4.74 Å². The molecule has 29 heavy (non-hydrogen) atoms. The van der Waals surface area contributed by atoms with Crippen molar-refractivity contribution in [3.05, 3.63) is 57.3 Å². The van der Waals surface area contributed by atoms with Gasteiger partial charge in [0.05, 0.1) is 24.8 Å². The summed E-state index contributed by atoms with van der Waals surface area (Å²) in [4.78, 5) is 6.69. The van der Waals surface area contributed by atoms with E-state index in [1.807, 2.05) is 17.7 Å². The van der Waals surface area contributed by atoms with Gasteiger partial charge in [-0.05, 0) is 17.2 Å². The van der Waals surface area contributed by atoms with Gasteiger partial charge in [-0.15, -0.1) is 24.0 Å². The van der Waals surface area contributed by atoms with Crippen molar-refractivity contribution in [2.45, 2.75) is 19.6 Å². The Labute approximate surface area is 199 Å². The van der Waals surface area contributed by atoms with Crippen molar-refractivity contribution in [3.8, 4) is 0 Å². The molecule has 1 aliphatic rings. The van der Waals surface area contributed by atoms with Crippen molar-refractivity contribution in [2.75, 3.05) is 33.4 Å². The SMILES string of the molecule is CN=C(NCc1ccc(CN2CCOCC2)cc1)NCc1cc(Cl)c(Cl)n1C.I. The van der Waals surface area contributed by atoms with E-state index in [9.17, 15) is 0 Å². The first-order valence-corrected chi connectivity index (χ1v) is 10.1. The summed E-state index contributed by atoms with van der Waals surface area (Å²) < 4.78 is 7.26. The van der Waals surface area contributed by atoms with Gasteiger partial charge in [-0.1, -0.05) is 47.5 Å². The van der Waals surface area contributed by atoms with Crippen molar-refractivity contribution >= 4 is 53.1 Å². The predicted molar refractivity (Wildman–Crippen MR) is 130 cm³/mol. The lowest BCUT2D eigenvalue weighted by atomic mass is 10.1. The number of aliphatic imine (C=N–C) groups is 1. The van der Waals surface area contributed by atoms with Gasteiger partial charge >= 0.3 is 0 Å². The van der Waals surface area contributed by atoms with Crippen molar-refractivity contribution in [1.82, 2.24) is 20.1 Å². The molecule has 2 aromatic rings. The number of hydrogen-bond donors (Lipinski definition) is 2. The van der Waals surface area contributed by atoms with E-state index in [0.717, 1.165) is 44.5 Å². The second kappa shape index (κ2) is 12.0. The maximum Gasteiger partial charge on any atom is 0.191 e. The fraction of sp³-hybridized carbons (Fsp3) is 0.450. The highest BCUT2D eigenvalue weighted by Crippen LogP contribution is 2.24. The van der Waals surface area contributed by atoms with Crippen molar-refractivity contribution in [2.24, 2.45) is 12.0 Å². The number of benzene rings is 1. The molecule has 0 aliphatic carbocycles. The van der Waals surface area contributed by atoms with Gasteiger partial charge in [0.15, 0.2) is 5.96 Å². The third-order valence-corrected chi connectivity index (χ3v) is 5.71. The monoisotopic (exact) mass is 551 g/mol. The summed E-state index contributed by atoms with van der Waals surface area (Å²) in [6.07, 6.45) is 0. The third kappa shape index (κ3) is 7.03. The standard InChI is InChI=1S/C20H27Cl2N5O.HI/c1-23-20(25-13-17-11-18(21)19(22)26(17)2)24-12-15-3-5-16(6-4-15)14-27-7-9-28-10-8-27;/h3-6,11H,7-10,12-14H2,1-2H3,(H2,23,24,25);1H. The highest BCUT2D eigenvalue weighted by Gasteiger charge is 2.11. The predicted octanol–water partition coefficient (Wildman–Crippen LogP) is 3.65. The fourth-order valence-corrected chi connectivity index (χ4v) is 3.54. The van der Waals surface area contributed by atoms with Gasteiger partial charge in [0.25, 0.3) is 0 Å². The average molecular weight is 552 g/mol. The second-order valence-electron chi connectivity index (χ2n) is 6.82. The highest BCUT2D eigenvalue weighted by atomic mass is 127. The van der Waals surface area contributed by atoms with Crippen LogP contribution in [0.2, 0.25) is 10.2 Å². The molecule has 6 nitrogen and oxygen atoms in total. The number of nitrogens with one attached hydrogen (secondary N) is 2. The summed E-state index contributed by atoms with van der Waals surface area (Å²) in [5, 5.41) is 7.72. The van der Waals surface area contributed by atoms with Crippen LogP contribution in [0.4, 0.5) is 0 Å². The number of ether oxygens (including phenoxy) is 1. The smallest absolute Gasteiger partial charge is 0.191 e. The molecule has 0 radical (unpaired) electrons. The molecule has 160 valence electrons. The molecule has 0 atom stereocenters. The number of aromatic nitrogens is 1. The van der Waals surface area contributed by atoms with E-state index >= 15 is 0 Å². The van der Waals surface area contributed by atoms with Gasteiger partial charge in [0.1, 0.15) is 5.15 Å². The molecule has 1 fully saturated rings. The van der Waals surface area contributed by atoms with Gasteiger partial charge < -0.3 is 19.9 Å². The van der Waals surface area contributed by atoms with Crippen LogP contribution in [0.25, 0.3) is 0 Å². The Morgan fingerprint density at radius 3 is 2.28 bits per heavy atom. The molecule has 2 N–H and O–H groups in total. The van der Waals surface area contributed by atoms with Gasteiger partial charge in [0.2, 0.25) is 0 Å². The lowest BCUT2D eigenvalue weighted by Crippen LogP contribution is -2.36. The number of hydrogen-bond acceptors (Lipinski definition) is 3. The Kier molecular flexibility index (Phi) is 10.0. The first-order valence-electron chi connectivity index (χ1n) is 9.39. The molecule has 0 unspecified atom stereocenters. The molecule has 1 aliphatic heterocycles. The molecular weight excluding hydrogens is 524 g/mol. The Morgan fingerprint density at radius 2 is 1.69 bits per heavy atom. The van der Waals surface area contributed by atoms with E-state index in [-0.39, 0.29) is 24.0 Å². The molecule has 1 aromatic carbocycles. The summed E-state index contributed by atoms with van der Waals surface area (Å²) in [6, 6.07) is 10.6. The number of rotatable bonds is 6. The van der Waals surface area contributed by atoms with Crippen molar-refractivity contribution in [3.63, 3.8) is 0 Å². The largest absolute Gasteiger partial charge is 0.379 e. The molecule has 3 rings (SSSR count). The van der Waals surface area contributed by atoms with E-state index in [1.165, 1.54) is 11.1 Å². The molecular formula is C20H28Cl2IN5O. The normalized spacial score (nSPS) is 15.1. The third-order valence-electron chi connectivity index (χ3n) is 4.87. The molecule has 9 heteroatoms. The number of morpholine rings is 1. The summed E-state index contributed by atoms with van der Waals surface area (Å²) in [6.45, 7) is 5.92. The van der Waals surface area contributed by atoms with Crippen LogP contribution in [0.5, 0.6) is 0 Å². The Bertz CT molecular complexity index is 804. The second-order valence-corrected chi connectivity index (χ2v) is 7.58. The summed E-state index contributed by atoms with van der Waals surface area (Å²) in [5.41, 5.74) is 3.52. The van der Waals surface area contributed by atoms with E-state index in [1.54, 1.807) is 7.05 Å². The molecule has 1 aromatic heterocycles. The van der Waals surface area contributed by atoms with Crippen LogP contribution in [0, 0.1) is 0 Å². The Balaban J connectivity index is 0.00000300. The topological polar surface area (TPSA) is 53.8 Å². The fourth-order valence-electron chi connectivity index (χ4n) is 3.12. The van der Waals surface area contributed by atoms with Crippen molar-refractivity contribution in [1.29, 1.82) is 0 Å². The quantitative estimate of drug-likeness (QED) is 0.327. The van der Waals surface area contributed by atoms with Gasteiger partial charge in [0, 0.05) is 46.0 Å². The lowest BCUT2D eigenvalue weighted by molar-refractivity contribution is 0.0342. The molecule has 0 bridgehead atoms. The molecule has 1 saturated heterocycles. The van der Waals surface area contributed by atoms with E-state index in [0.29, 0.717) is 23.3 Å². The zero-order valence-electron chi connectivity index (χ0n) is 16.8. The summed E-state index contributed by atoms with van der Waals surface area (Å²) in [5.74, 6) is 0.728. The molecule has 0 spiro atoms. The first-order chi connectivity index (χ1) is 13.6.